The summed E-state index contributed by atoms with van der Waals surface area (Å²) < 4.78 is 10.6. The van der Waals surface area contributed by atoms with Crippen LogP contribution >= 0.6 is 11.3 Å². The normalized spacial score (nSPS) is 12.8. The molecular formula is C12H11NO2S. The number of hydrogen-bond acceptors (Lipinski definition) is 4. The van der Waals surface area contributed by atoms with E-state index in [1.807, 2.05) is 18.2 Å². The number of thiophene rings is 1. The molecule has 1 aliphatic heterocycles. The second-order valence-corrected chi connectivity index (χ2v) is 4.33. The summed E-state index contributed by atoms with van der Waals surface area (Å²) in [5.41, 5.74) is 2.35. The summed E-state index contributed by atoms with van der Waals surface area (Å²) in [5.74, 6) is 1.64. The Hall–Kier alpha value is -1.68. The van der Waals surface area contributed by atoms with Crippen LogP contribution in [-0.2, 0) is 6.54 Å². The van der Waals surface area contributed by atoms with E-state index in [9.17, 15) is 0 Å². The summed E-state index contributed by atoms with van der Waals surface area (Å²) in [4.78, 5) is 0. The lowest BCUT2D eigenvalue weighted by atomic mass is 10.2. The molecule has 16 heavy (non-hydrogen) atoms. The Morgan fingerprint density at radius 1 is 1.19 bits per heavy atom. The monoisotopic (exact) mass is 233 g/mol. The minimum absolute atomic E-state index is 0.323. The third-order valence-corrected chi connectivity index (χ3v) is 3.18. The molecule has 0 fully saturated rings. The molecular weight excluding hydrogens is 222 g/mol. The van der Waals surface area contributed by atoms with Gasteiger partial charge in [0, 0.05) is 18.3 Å². The minimum Gasteiger partial charge on any atom is -0.454 e. The Kier molecular flexibility index (Phi) is 2.42. The van der Waals surface area contributed by atoms with Gasteiger partial charge in [0.05, 0.1) is 0 Å². The number of ether oxygens (including phenoxy) is 2. The Labute approximate surface area is 97.6 Å². The zero-order valence-corrected chi connectivity index (χ0v) is 9.42. The highest BCUT2D eigenvalue weighted by Gasteiger charge is 2.12. The fourth-order valence-electron chi connectivity index (χ4n) is 1.60. The van der Waals surface area contributed by atoms with Gasteiger partial charge < -0.3 is 14.8 Å². The van der Waals surface area contributed by atoms with Gasteiger partial charge in [0.1, 0.15) is 0 Å². The van der Waals surface area contributed by atoms with Crippen LogP contribution in [-0.4, -0.2) is 6.79 Å². The predicted molar refractivity (Wildman–Crippen MR) is 64.2 cm³/mol. The van der Waals surface area contributed by atoms with Crippen LogP contribution in [0.4, 0.5) is 5.69 Å². The van der Waals surface area contributed by atoms with Crippen molar-refractivity contribution in [3.8, 4) is 11.5 Å². The first kappa shape index (κ1) is 9.54. The molecule has 0 saturated heterocycles. The molecule has 3 nitrogen and oxygen atoms in total. The van der Waals surface area contributed by atoms with E-state index in [2.05, 4.69) is 22.1 Å². The van der Waals surface area contributed by atoms with Crippen LogP contribution in [0.1, 0.15) is 5.56 Å². The number of anilines is 1. The molecule has 1 N–H and O–H groups in total. The summed E-state index contributed by atoms with van der Waals surface area (Å²) in [6.45, 7) is 1.16. The van der Waals surface area contributed by atoms with Gasteiger partial charge in [-0.3, -0.25) is 0 Å². The summed E-state index contributed by atoms with van der Waals surface area (Å²) in [6.07, 6.45) is 0. The van der Waals surface area contributed by atoms with Gasteiger partial charge in [-0.05, 0) is 34.5 Å². The second kappa shape index (κ2) is 4.06. The molecule has 1 aromatic carbocycles. The Bertz CT molecular complexity index is 482. The maximum atomic E-state index is 5.32. The zero-order chi connectivity index (χ0) is 10.8. The van der Waals surface area contributed by atoms with Crippen molar-refractivity contribution in [2.75, 3.05) is 12.1 Å². The van der Waals surface area contributed by atoms with E-state index < -0.39 is 0 Å². The van der Waals surface area contributed by atoms with Crippen molar-refractivity contribution < 1.29 is 9.47 Å². The Balaban J connectivity index is 1.71. The molecule has 82 valence electrons. The highest BCUT2D eigenvalue weighted by Crippen LogP contribution is 2.34. The molecule has 0 unspecified atom stereocenters. The van der Waals surface area contributed by atoms with E-state index in [-0.39, 0.29) is 0 Å². The van der Waals surface area contributed by atoms with Gasteiger partial charge >= 0.3 is 0 Å². The van der Waals surface area contributed by atoms with Crippen LogP contribution in [0.25, 0.3) is 0 Å². The van der Waals surface area contributed by atoms with Crippen LogP contribution in [0.3, 0.4) is 0 Å². The van der Waals surface area contributed by atoms with E-state index in [1.165, 1.54) is 5.56 Å². The lowest BCUT2D eigenvalue weighted by molar-refractivity contribution is 0.174. The molecule has 1 aromatic heterocycles. The molecule has 4 heteroatoms. The average Bonchev–Trinajstić information content (AvgIpc) is 2.97. The van der Waals surface area contributed by atoms with Crippen molar-refractivity contribution in [2.24, 2.45) is 0 Å². The van der Waals surface area contributed by atoms with Gasteiger partial charge in [-0.2, -0.15) is 11.3 Å². The maximum Gasteiger partial charge on any atom is 0.231 e. The number of benzene rings is 1. The topological polar surface area (TPSA) is 30.5 Å². The molecule has 0 spiro atoms. The van der Waals surface area contributed by atoms with E-state index >= 15 is 0 Å². The molecule has 0 radical (unpaired) electrons. The summed E-state index contributed by atoms with van der Waals surface area (Å²) in [7, 11) is 0. The van der Waals surface area contributed by atoms with Crippen molar-refractivity contribution in [3.05, 3.63) is 40.6 Å². The van der Waals surface area contributed by atoms with Crippen LogP contribution in [0, 0.1) is 0 Å². The van der Waals surface area contributed by atoms with Crippen LogP contribution in [0.15, 0.2) is 35.0 Å². The molecule has 0 saturated carbocycles. The third kappa shape index (κ3) is 1.84. The predicted octanol–water partition coefficient (Wildman–Crippen LogP) is 3.09. The summed E-state index contributed by atoms with van der Waals surface area (Å²) in [6, 6.07) is 8.01. The Morgan fingerprint density at radius 3 is 3.00 bits per heavy atom. The number of nitrogens with one attached hydrogen (secondary N) is 1. The van der Waals surface area contributed by atoms with Crippen LogP contribution in [0.5, 0.6) is 11.5 Å². The van der Waals surface area contributed by atoms with Gasteiger partial charge in [0.25, 0.3) is 0 Å². The van der Waals surface area contributed by atoms with E-state index in [0.29, 0.717) is 6.79 Å². The first-order valence-corrected chi connectivity index (χ1v) is 6.01. The highest BCUT2D eigenvalue weighted by molar-refractivity contribution is 7.07. The third-order valence-electron chi connectivity index (χ3n) is 2.45. The fourth-order valence-corrected chi connectivity index (χ4v) is 2.27. The largest absolute Gasteiger partial charge is 0.454 e. The van der Waals surface area contributed by atoms with Crippen molar-refractivity contribution in [3.63, 3.8) is 0 Å². The van der Waals surface area contributed by atoms with Gasteiger partial charge in [-0.25, -0.2) is 0 Å². The SMILES string of the molecule is c1cc(CNc2ccc3c(c2)OCO3)cs1. The number of hydrogen-bond donors (Lipinski definition) is 1. The molecule has 0 atom stereocenters. The molecule has 0 bridgehead atoms. The molecule has 3 rings (SSSR count). The zero-order valence-electron chi connectivity index (χ0n) is 8.60. The minimum atomic E-state index is 0.323. The fraction of sp³-hybridized carbons (Fsp3) is 0.167. The van der Waals surface area contributed by atoms with Crippen molar-refractivity contribution in [1.29, 1.82) is 0 Å². The second-order valence-electron chi connectivity index (χ2n) is 3.55. The first-order valence-electron chi connectivity index (χ1n) is 5.06. The number of fused-ring (bicyclic) bond motifs is 1. The first-order chi connectivity index (χ1) is 7.92. The lowest BCUT2D eigenvalue weighted by Crippen LogP contribution is -1.97. The molecule has 2 heterocycles. The molecule has 0 aliphatic carbocycles. The maximum absolute atomic E-state index is 5.32. The van der Waals surface area contributed by atoms with Gasteiger partial charge in [0.2, 0.25) is 6.79 Å². The van der Waals surface area contributed by atoms with Gasteiger partial charge in [0.15, 0.2) is 11.5 Å². The van der Waals surface area contributed by atoms with Gasteiger partial charge in [-0.1, -0.05) is 0 Å². The van der Waals surface area contributed by atoms with Crippen molar-refractivity contribution in [1.82, 2.24) is 0 Å². The smallest absolute Gasteiger partial charge is 0.231 e. The van der Waals surface area contributed by atoms with E-state index in [4.69, 9.17) is 9.47 Å². The lowest BCUT2D eigenvalue weighted by Gasteiger charge is -2.05. The molecule has 2 aromatic rings. The highest BCUT2D eigenvalue weighted by atomic mass is 32.1. The quantitative estimate of drug-likeness (QED) is 0.883. The van der Waals surface area contributed by atoms with Crippen molar-refractivity contribution in [2.45, 2.75) is 6.54 Å². The molecule has 1 aliphatic rings. The molecule has 0 amide bonds. The van der Waals surface area contributed by atoms with Gasteiger partial charge in [-0.15, -0.1) is 0 Å². The van der Waals surface area contributed by atoms with E-state index in [1.54, 1.807) is 11.3 Å². The summed E-state index contributed by atoms with van der Waals surface area (Å²) >= 11 is 1.71. The standard InChI is InChI=1S/C12H11NO2S/c1-2-11-12(15-8-14-11)5-10(1)13-6-9-3-4-16-7-9/h1-5,7,13H,6,8H2. The average molecular weight is 233 g/mol. The Morgan fingerprint density at radius 2 is 2.12 bits per heavy atom. The van der Waals surface area contributed by atoms with Crippen molar-refractivity contribution >= 4 is 17.0 Å². The van der Waals surface area contributed by atoms with Crippen LogP contribution < -0.4 is 14.8 Å². The van der Waals surface area contributed by atoms with Crippen LogP contribution in [0.2, 0.25) is 0 Å². The summed E-state index contributed by atoms with van der Waals surface area (Å²) in [5, 5.41) is 7.57. The number of rotatable bonds is 3. The van der Waals surface area contributed by atoms with E-state index in [0.717, 1.165) is 23.7 Å².